The minimum absolute atomic E-state index is 0.0809. The molecule has 80 valence electrons. The first kappa shape index (κ1) is 10.9. The van der Waals surface area contributed by atoms with Gasteiger partial charge in [0.15, 0.2) is 0 Å². The van der Waals surface area contributed by atoms with E-state index in [0.29, 0.717) is 0 Å². The van der Waals surface area contributed by atoms with Gasteiger partial charge in [0.05, 0.1) is 19.1 Å². The van der Waals surface area contributed by atoms with Crippen LogP contribution in [-0.4, -0.2) is 42.7 Å². The molecule has 0 amide bonds. The lowest BCUT2D eigenvalue weighted by molar-refractivity contribution is -0.231. The number of carbonyl (C=O) groups is 2. The molecule has 2 atom stereocenters. The van der Waals surface area contributed by atoms with Crippen LogP contribution in [0.1, 0.15) is 13.3 Å². The average molecular weight is 204 g/mol. The molecule has 0 saturated carbocycles. The van der Waals surface area contributed by atoms with Crippen LogP contribution in [0.3, 0.4) is 0 Å². The van der Waals surface area contributed by atoms with Crippen LogP contribution < -0.4 is 0 Å². The van der Waals surface area contributed by atoms with Crippen molar-refractivity contribution in [2.24, 2.45) is 0 Å². The largest absolute Gasteiger partial charge is 0.481 e. The molecule has 1 fully saturated rings. The van der Waals surface area contributed by atoms with Crippen LogP contribution in [0.15, 0.2) is 0 Å². The summed E-state index contributed by atoms with van der Waals surface area (Å²) in [6.07, 6.45) is -1.27. The third-order valence-electron chi connectivity index (χ3n) is 1.64. The molecule has 0 aromatic carbocycles. The average Bonchev–Trinajstić information content (AvgIpc) is 2.06. The van der Waals surface area contributed by atoms with Crippen LogP contribution in [0.5, 0.6) is 0 Å². The molecule has 1 saturated heterocycles. The van der Waals surface area contributed by atoms with E-state index in [-0.39, 0.29) is 19.6 Å². The monoisotopic (exact) mass is 204 g/mol. The second kappa shape index (κ2) is 4.92. The van der Waals surface area contributed by atoms with Gasteiger partial charge >= 0.3 is 11.9 Å². The standard InChI is InChI=1S/C8H12O6/c1-5(9)14-8-4-12-6(3-13-8)2-7(10)11/h6,8H,2-4H2,1H3,(H,10,11)/t6-,8+/m1/s1. The summed E-state index contributed by atoms with van der Waals surface area (Å²) in [5, 5.41) is 8.46. The van der Waals surface area contributed by atoms with Crippen LogP contribution in [0.2, 0.25) is 0 Å². The molecule has 0 aromatic rings. The second-order valence-electron chi connectivity index (χ2n) is 2.93. The molecule has 0 unspecified atom stereocenters. The first-order valence-corrected chi connectivity index (χ1v) is 4.20. The van der Waals surface area contributed by atoms with Gasteiger partial charge in [-0.15, -0.1) is 0 Å². The number of hydrogen-bond donors (Lipinski definition) is 1. The van der Waals surface area contributed by atoms with Crippen molar-refractivity contribution in [3.8, 4) is 0 Å². The molecule has 0 aliphatic carbocycles. The van der Waals surface area contributed by atoms with Crippen LogP contribution >= 0.6 is 0 Å². The Morgan fingerprint density at radius 1 is 1.43 bits per heavy atom. The summed E-state index contributed by atoms with van der Waals surface area (Å²) >= 11 is 0. The molecule has 0 spiro atoms. The van der Waals surface area contributed by atoms with Gasteiger partial charge in [0.1, 0.15) is 6.61 Å². The number of carboxylic acids is 1. The molecule has 1 rings (SSSR count). The van der Waals surface area contributed by atoms with E-state index in [1.165, 1.54) is 6.92 Å². The van der Waals surface area contributed by atoms with E-state index >= 15 is 0 Å². The van der Waals surface area contributed by atoms with E-state index in [1.54, 1.807) is 0 Å². The number of ether oxygens (including phenoxy) is 3. The lowest BCUT2D eigenvalue weighted by Gasteiger charge is -2.27. The summed E-state index contributed by atoms with van der Waals surface area (Å²) in [6.45, 7) is 1.48. The highest BCUT2D eigenvalue weighted by molar-refractivity contribution is 5.67. The number of rotatable bonds is 3. The topological polar surface area (TPSA) is 82.1 Å². The Labute approximate surface area is 80.7 Å². The number of carbonyl (C=O) groups excluding carboxylic acids is 1. The van der Waals surface area contributed by atoms with Crippen molar-refractivity contribution in [2.75, 3.05) is 13.2 Å². The van der Waals surface area contributed by atoms with Gasteiger partial charge in [-0.3, -0.25) is 9.59 Å². The minimum Gasteiger partial charge on any atom is -0.481 e. The summed E-state index contributed by atoms with van der Waals surface area (Å²) in [7, 11) is 0. The Morgan fingerprint density at radius 3 is 2.57 bits per heavy atom. The van der Waals surface area contributed by atoms with Gasteiger partial charge in [-0.05, 0) is 0 Å². The molecule has 6 heteroatoms. The molecule has 1 heterocycles. The summed E-state index contributed by atoms with van der Waals surface area (Å²) in [4.78, 5) is 20.8. The molecule has 1 aliphatic rings. The maximum Gasteiger partial charge on any atom is 0.306 e. The maximum atomic E-state index is 10.5. The smallest absolute Gasteiger partial charge is 0.306 e. The number of aliphatic carboxylic acids is 1. The summed E-state index contributed by atoms with van der Waals surface area (Å²) < 4.78 is 14.9. The third-order valence-corrected chi connectivity index (χ3v) is 1.64. The SMILES string of the molecule is CC(=O)O[C@H]1CO[C@H](CC(=O)O)CO1. The Balaban J connectivity index is 2.24. The highest BCUT2D eigenvalue weighted by Gasteiger charge is 2.25. The van der Waals surface area contributed by atoms with Crippen molar-refractivity contribution in [1.29, 1.82) is 0 Å². The summed E-state index contributed by atoms with van der Waals surface area (Å²) in [6, 6.07) is 0. The van der Waals surface area contributed by atoms with Gasteiger partial charge in [0.25, 0.3) is 0 Å². The van der Waals surface area contributed by atoms with E-state index in [1.807, 2.05) is 0 Å². The quantitative estimate of drug-likeness (QED) is 0.639. The van der Waals surface area contributed by atoms with E-state index in [2.05, 4.69) is 0 Å². The van der Waals surface area contributed by atoms with Crippen molar-refractivity contribution >= 4 is 11.9 Å². The number of esters is 1. The fourth-order valence-electron chi connectivity index (χ4n) is 1.09. The van der Waals surface area contributed by atoms with Gasteiger partial charge < -0.3 is 19.3 Å². The van der Waals surface area contributed by atoms with Crippen molar-refractivity contribution in [3.63, 3.8) is 0 Å². The fraction of sp³-hybridized carbons (Fsp3) is 0.750. The van der Waals surface area contributed by atoms with Gasteiger partial charge in [-0.2, -0.15) is 0 Å². The molecule has 1 N–H and O–H groups in total. The van der Waals surface area contributed by atoms with Crippen LogP contribution in [0.25, 0.3) is 0 Å². The Hall–Kier alpha value is -1.14. The van der Waals surface area contributed by atoms with Gasteiger partial charge in [-0.25, -0.2) is 0 Å². The zero-order valence-corrected chi connectivity index (χ0v) is 7.76. The Kier molecular flexibility index (Phi) is 3.84. The fourth-order valence-corrected chi connectivity index (χ4v) is 1.09. The van der Waals surface area contributed by atoms with Gasteiger partial charge in [-0.1, -0.05) is 0 Å². The highest BCUT2D eigenvalue weighted by atomic mass is 16.7. The molecule has 0 aromatic heterocycles. The first-order chi connectivity index (χ1) is 6.58. The molecule has 0 bridgehead atoms. The Morgan fingerprint density at radius 2 is 2.14 bits per heavy atom. The predicted molar refractivity (Wildman–Crippen MR) is 43.5 cm³/mol. The zero-order valence-electron chi connectivity index (χ0n) is 7.76. The second-order valence-corrected chi connectivity index (χ2v) is 2.93. The van der Waals surface area contributed by atoms with E-state index < -0.39 is 24.3 Å². The summed E-state index contributed by atoms with van der Waals surface area (Å²) in [5.41, 5.74) is 0. The minimum atomic E-state index is -0.940. The predicted octanol–water partition coefficient (Wildman–Crippen LogP) is -0.234. The third kappa shape index (κ3) is 3.71. The van der Waals surface area contributed by atoms with Gasteiger partial charge in [0.2, 0.25) is 6.29 Å². The Bertz CT molecular complexity index is 194. The molecular formula is C8H12O6. The first-order valence-electron chi connectivity index (χ1n) is 4.20. The van der Waals surface area contributed by atoms with Crippen molar-refractivity contribution in [1.82, 2.24) is 0 Å². The van der Waals surface area contributed by atoms with Crippen molar-refractivity contribution in [2.45, 2.75) is 25.7 Å². The van der Waals surface area contributed by atoms with E-state index in [0.717, 1.165) is 0 Å². The van der Waals surface area contributed by atoms with Gasteiger partial charge in [0, 0.05) is 6.92 Å². The lowest BCUT2D eigenvalue weighted by atomic mass is 10.2. The molecular weight excluding hydrogens is 192 g/mol. The van der Waals surface area contributed by atoms with Crippen LogP contribution in [0, 0.1) is 0 Å². The van der Waals surface area contributed by atoms with Crippen molar-refractivity contribution < 1.29 is 28.9 Å². The normalized spacial score (nSPS) is 26.9. The molecule has 14 heavy (non-hydrogen) atoms. The van der Waals surface area contributed by atoms with E-state index in [9.17, 15) is 9.59 Å². The lowest BCUT2D eigenvalue weighted by Crippen LogP contribution is -2.38. The van der Waals surface area contributed by atoms with Crippen LogP contribution in [-0.2, 0) is 23.8 Å². The highest BCUT2D eigenvalue weighted by Crippen LogP contribution is 2.11. The molecule has 6 nitrogen and oxygen atoms in total. The molecule has 1 aliphatic heterocycles. The van der Waals surface area contributed by atoms with Crippen molar-refractivity contribution in [3.05, 3.63) is 0 Å². The van der Waals surface area contributed by atoms with E-state index in [4.69, 9.17) is 19.3 Å². The van der Waals surface area contributed by atoms with Crippen LogP contribution in [0.4, 0.5) is 0 Å². The number of hydrogen-bond acceptors (Lipinski definition) is 5. The number of carboxylic acid groups (broad SMARTS) is 1. The zero-order chi connectivity index (χ0) is 10.6. The summed E-state index contributed by atoms with van der Waals surface area (Å²) in [5.74, 6) is -1.39. The maximum absolute atomic E-state index is 10.5. The molecule has 0 radical (unpaired) electrons.